The average Bonchev–Trinajstić information content (AvgIpc) is 2.32. The number of cyclic esters (lactones) is 1. The second-order valence-electron chi connectivity index (χ2n) is 3.80. The Morgan fingerprint density at radius 1 is 1.50 bits per heavy atom. The summed E-state index contributed by atoms with van der Waals surface area (Å²) in [6.45, 7) is -1.07. The number of alkyl halides is 2. The molecule has 1 saturated heterocycles. The molecule has 1 aliphatic heterocycles. The summed E-state index contributed by atoms with van der Waals surface area (Å²) in [5.41, 5.74) is -0.308. The lowest BCUT2D eigenvalue weighted by molar-refractivity contribution is -0.105. The van der Waals surface area contributed by atoms with Gasteiger partial charge in [-0.1, -0.05) is 6.07 Å². The van der Waals surface area contributed by atoms with E-state index in [0.717, 1.165) is 12.1 Å². The summed E-state index contributed by atoms with van der Waals surface area (Å²) in [5.74, 6) is -4.04. The zero-order chi connectivity index (χ0) is 13.3. The van der Waals surface area contributed by atoms with Crippen LogP contribution in [0.2, 0.25) is 0 Å². The van der Waals surface area contributed by atoms with Gasteiger partial charge in [0.1, 0.15) is 17.6 Å². The molecule has 1 aromatic rings. The smallest absolute Gasteiger partial charge is 0.408 e. The van der Waals surface area contributed by atoms with E-state index in [1.54, 1.807) is 0 Å². The van der Waals surface area contributed by atoms with Gasteiger partial charge in [-0.05, 0) is 6.07 Å². The number of ether oxygens (including phenoxy) is 2. The van der Waals surface area contributed by atoms with Crippen LogP contribution < -0.4 is 10.1 Å². The Kier molecular flexibility index (Phi) is 3.06. The number of carbonyl (C=O) groups is 1. The first-order valence-corrected chi connectivity index (χ1v) is 5.08. The van der Waals surface area contributed by atoms with Crippen LogP contribution in [0.4, 0.5) is 18.0 Å². The molecule has 1 amide bonds. The number of benzene rings is 1. The van der Waals surface area contributed by atoms with Crippen molar-refractivity contribution in [2.75, 3.05) is 13.7 Å². The molecule has 0 aliphatic carbocycles. The van der Waals surface area contributed by atoms with Crippen molar-refractivity contribution in [2.45, 2.75) is 12.0 Å². The van der Waals surface area contributed by atoms with E-state index in [9.17, 15) is 18.0 Å². The molecule has 0 radical (unpaired) electrons. The van der Waals surface area contributed by atoms with Crippen LogP contribution in [0.1, 0.15) is 11.6 Å². The Hall–Kier alpha value is -1.92. The minimum Gasteiger partial charge on any atom is -0.497 e. The lowest BCUT2D eigenvalue weighted by Gasteiger charge is -2.32. The molecule has 2 rings (SSSR count). The van der Waals surface area contributed by atoms with Gasteiger partial charge in [-0.2, -0.15) is 0 Å². The largest absolute Gasteiger partial charge is 0.497 e. The number of carbonyl (C=O) groups excluding carboxylic acids is 1. The van der Waals surface area contributed by atoms with Gasteiger partial charge in [0, 0.05) is 11.6 Å². The SMILES string of the molecule is COc1ccc([C@@H]2NC(=O)OCC2(F)F)c(F)c1. The molecule has 0 aromatic heterocycles. The normalized spacial score (nSPS) is 22.0. The average molecular weight is 261 g/mol. The van der Waals surface area contributed by atoms with E-state index in [1.165, 1.54) is 13.2 Å². The third-order valence-electron chi connectivity index (χ3n) is 2.60. The number of hydrogen-bond acceptors (Lipinski definition) is 3. The van der Waals surface area contributed by atoms with Gasteiger partial charge in [0.25, 0.3) is 0 Å². The highest BCUT2D eigenvalue weighted by atomic mass is 19.3. The highest BCUT2D eigenvalue weighted by Crippen LogP contribution is 2.36. The molecule has 1 aliphatic rings. The maximum atomic E-state index is 13.7. The van der Waals surface area contributed by atoms with Crippen LogP contribution in [0.15, 0.2) is 18.2 Å². The minimum absolute atomic E-state index is 0.206. The quantitative estimate of drug-likeness (QED) is 0.888. The van der Waals surface area contributed by atoms with Crippen LogP contribution in [0.25, 0.3) is 0 Å². The highest BCUT2D eigenvalue weighted by molar-refractivity contribution is 5.69. The summed E-state index contributed by atoms with van der Waals surface area (Å²) in [4.78, 5) is 11.0. The van der Waals surface area contributed by atoms with Crippen molar-refractivity contribution in [3.8, 4) is 5.75 Å². The van der Waals surface area contributed by atoms with E-state index in [2.05, 4.69) is 4.74 Å². The molecular formula is C11H10F3NO3. The van der Waals surface area contributed by atoms with Crippen LogP contribution in [0.3, 0.4) is 0 Å². The summed E-state index contributed by atoms with van der Waals surface area (Å²) in [7, 11) is 1.33. The molecule has 0 unspecified atom stereocenters. The summed E-state index contributed by atoms with van der Waals surface area (Å²) in [6.07, 6.45) is -0.999. The summed E-state index contributed by atoms with van der Waals surface area (Å²) < 4.78 is 49.7. The predicted molar refractivity (Wildman–Crippen MR) is 55.1 cm³/mol. The molecule has 1 atom stereocenters. The number of amides is 1. The predicted octanol–water partition coefficient (Wildman–Crippen LogP) is 2.25. The van der Waals surface area contributed by atoms with Crippen molar-refractivity contribution < 1.29 is 27.4 Å². The van der Waals surface area contributed by atoms with Crippen LogP contribution in [-0.4, -0.2) is 25.7 Å². The van der Waals surface area contributed by atoms with Crippen molar-refractivity contribution in [1.82, 2.24) is 5.32 Å². The lowest BCUT2D eigenvalue weighted by atomic mass is 9.99. The number of hydrogen-bond donors (Lipinski definition) is 1. The maximum absolute atomic E-state index is 13.7. The first-order valence-electron chi connectivity index (χ1n) is 5.08. The van der Waals surface area contributed by atoms with Crippen molar-refractivity contribution in [1.29, 1.82) is 0 Å². The lowest BCUT2D eigenvalue weighted by Crippen LogP contribution is -2.49. The minimum atomic E-state index is -3.37. The van der Waals surface area contributed by atoms with Crippen LogP contribution in [0, 0.1) is 5.82 Å². The number of methoxy groups -OCH3 is 1. The molecular weight excluding hydrogens is 251 g/mol. The Balaban J connectivity index is 2.37. The Morgan fingerprint density at radius 3 is 2.83 bits per heavy atom. The van der Waals surface area contributed by atoms with Crippen molar-refractivity contribution >= 4 is 6.09 Å². The Labute approximate surface area is 101 Å². The molecule has 4 nitrogen and oxygen atoms in total. The van der Waals surface area contributed by atoms with Crippen molar-refractivity contribution in [3.63, 3.8) is 0 Å². The van der Waals surface area contributed by atoms with Crippen LogP contribution >= 0.6 is 0 Å². The van der Waals surface area contributed by atoms with Crippen LogP contribution in [0.5, 0.6) is 5.75 Å². The van der Waals surface area contributed by atoms with Gasteiger partial charge in [0.2, 0.25) is 0 Å². The third kappa shape index (κ3) is 2.20. The van der Waals surface area contributed by atoms with E-state index < -0.39 is 30.5 Å². The number of nitrogens with one attached hydrogen (secondary N) is 1. The van der Waals surface area contributed by atoms with Gasteiger partial charge in [-0.25, -0.2) is 18.0 Å². The molecule has 1 heterocycles. The van der Waals surface area contributed by atoms with Gasteiger partial charge in [-0.3, -0.25) is 0 Å². The molecule has 98 valence electrons. The Morgan fingerprint density at radius 2 is 2.22 bits per heavy atom. The maximum Gasteiger partial charge on any atom is 0.408 e. The summed E-state index contributed by atoms with van der Waals surface area (Å²) in [5, 5.41) is 1.91. The Bertz CT molecular complexity index is 479. The van der Waals surface area contributed by atoms with E-state index in [4.69, 9.17) is 4.74 Å². The molecule has 0 saturated carbocycles. The topological polar surface area (TPSA) is 47.6 Å². The zero-order valence-corrected chi connectivity index (χ0v) is 9.38. The highest BCUT2D eigenvalue weighted by Gasteiger charge is 2.47. The van der Waals surface area contributed by atoms with E-state index in [0.29, 0.717) is 0 Å². The molecule has 1 N–H and O–H groups in total. The van der Waals surface area contributed by atoms with Gasteiger partial charge in [0.05, 0.1) is 7.11 Å². The number of alkyl carbamates (subject to hydrolysis) is 1. The fourth-order valence-corrected chi connectivity index (χ4v) is 1.68. The number of halogens is 3. The first-order chi connectivity index (χ1) is 8.44. The second-order valence-corrected chi connectivity index (χ2v) is 3.80. The molecule has 18 heavy (non-hydrogen) atoms. The van der Waals surface area contributed by atoms with E-state index in [1.807, 2.05) is 5.32 Å². The monoisotopic (exact) mass is 261 g/mol. The second kappa shape index (κ2) is 4.40. The molecule has 7 heteroatoms. The summed E-state index contributed by atoms with van der Waals surface area (Å²) >= 11 is 0. The van der Waals surface area contributed by atoms with Gasteiger partial charge in [0.15, 0.2) is 6.61 Å². The fraction of sp³-hybridized carbons (Fsp3) is 0.364. The third-order valence-corrected chi connectivity index (χ3v) is 2.60. The van der Waals surface area contributed by atoms with Gasteiger partial charge < -0.3 is 14.8 Å². The first kappa shape index (κ1) is 12.5. The summed E-state index contributed by atoms with van der Waals surface area (Å²) in [6, 6.07) is 1.73. The molecule has 0 bridgehead atoms. The van der Waals surface area contributed by atoms with Crippen molar-refractivity contribution in [2.24, 2.45) is 0 Å². The fourth-order valence-electron chi connectivity index (χ4n) is 1.68. The molecule has 0 spiro atoms. The van der Waals surface area contributed by atoms with Crippen molar-refractivity contribution in [3.05, 3.63) is 29.6 Å². The molecule has 1 fully saturated rings. The van der Waals surface area contributed by atoms with Gasteiger partial charge in [-0.15, -0.1) is 0 Å². The number of rotatable bonds is 2. The van der Waals surface area contributed by atoms with E-state index >= 15 is 0 Å². The van der Waals surface area contributed by atoms with Gasteiger partial charge >= 0.3 is 12.0 Å². The van der Waals surface area contributed by atoms with Crippen LogP contribution in [-0.2, 0) is 4.74 Å². The molecule has 1 aromatic carbocycles. The van der Waals surface area contributed by atoms with E-state index in [-0.39, 0.29) is 11.3 Å². The standard InChI is InChI=1S/C11H10F3NO3/c1-17-6-2-3-7(8(12)4-6)9-11(13,14)5-18-10(16)15-9/h2-4,9H,5H2,1H3,(H,15,16)/t9-/m0/s1. The zero-order valence-electron chi connectivity index (χ0n) is 9.38.